The summed E-state index contributed by atoms with van der Waals surface area (Å²) in [6, 6.07) is 15.6. The summed E-state index contributed by atoms with van der Waals surface area (Å²) in [6.45, 7) is 1.45. The van der Waals surface area contributed by atoms with Crippen LogP contribution >= 0.6 is 0 Å². The van der Waals surface area contributed by atoms with Gasteiger partial charge < -0.3 is 9.64 Å². The van der Waals surface area contributed by atoms with Gasteiger partial charge in [0, 0.05) is 30.1 Å². The van der Waals surface area contributed by atoms with E-state index in [0.717, 1.165) is 48.6 Å². The van der Waals surface area contributed by atoms with Crippen LogP contribution in [-0.4, -0.2) is 46.2 Å². The molecule has 1 aromatic heterocycles. The third-order valence-electron chi connectivity index (χ3n) is 5.13. The Hall–Kier alpha value is -3.15. The molecular formula is C21H22N4O2. The van der Waals surface area contributed by atoms with Crippen molar-refractivity contribution in [3.63, 3.8) is 0 Å². The number of hydrogen-bond acceptors (Lipinski definition) is 4. The molecule has 6 nitrogen and oxygen atoms in total. The van der Waals surface area contributed by atoms with Crippen LogP contribution in [0.2, 0.25) is 0 Å². The Morgan fingerprint density at radius 2 is 1.96 bits per heavy atom. The minimum Gasteiger partial charge on any atom is -0.496 e. The lowest BCUT2D eigenvalue weighted by Crippen LogP contribution is -2.38. The highest BCUT2D eigenvalue weighted by Gasteiger charge is 2.26. The second-order valence-electron chi connectivity index (χ2n) is 6.72. The van der Waals surface area contributed by atoms with Gasteiger partial charge in [0.2, 0.25) is 0 Å². The molecule has 6 heteroatoms. The van der Waals surface area contributed by atoms with Gasteiger partial charge in [0.25, 0.3) is 5.91 Å². The number of nitrogens with one attached hydrogen (secondary N) is 1. The number of aromatic nitrogens is 3. The Morgan fingerprint density at radius 1 is 1.15 bits per heavy atom. The Bertz CT molecular complexity index is 915. The quantitative estimate of drug-likeness (QED) is 0.771. The lowest BCUT2D eigenvalue weighted by Gasteiger charge is -2.31. The van der Waals surface area contributed by atoms with Crippen molar-refractivity contribution in [3.05, 3.63) is 66.2 Å². The Labute approximate surface area is 158 Å². The number of benzene rings is 2. The average molecular weight is 362 g/mol. The summed E-state index contributed by atoms with van der Waals surface area (Å²) in [5, 5.41) is 6.87. The number of methoxy groups -OCH3 is 1. The standard InChI is InChI=1S/C21H22N4O2/c1-27-19-8-3-2-7-18(19)16-5-4-6-17(13-16)21(26)25-11-9-15(10-12-25)20-22-14-23-24-20/h2-8,13-15H,9-12H2,1H3,(H,22,23,24). The molecule has 2 aromatic carbocycles. The minimum absolute atomic E-state index is 0.0720. The van der Waals surface area contributed by atoms with Crippen LogP contribution in [0.4, 0.5) is 0 Å². The molecule has 138 valence electrons. The molecular weight excluding hydrogens is 340 g/mol. The number of amides is 1. The SMILES string of the molecule is COc1ccccc1-c1cccc(C(=O)N2CCC(c3ncn[nH]3)CC2)c1. The van der Waals surface area contributed by atoms with E-state index in [1.807, 2.05) is 53.4 Å². The lowest BCUT2D eigenvalue weighted by atomic mass is 9.95. The fourth-order valence-corrected chi connectivity index (χ4v) is 3.65. The predicted octanol–water partition coefficient (Wildman–Crippen LogP) is 3.50. The van der Waals surface area contributed by atoms with Crippen molar-refractivity contribution in [2.75, 3.05) is 20.2 Å². The number of para-hydroxylation sites is 1. The zero-order chi connectivity index (χ0) is 18.6. The molecule has 0 unspecified atom stereocenters. The minimum atomic E-state index is 0.0720. The molecule has 0 atom stereocenters. The number of aromatic amines is 1. The number of ether oxygens (including phenoxy) is 1. The molecule has 0 aliphatic carbocycles. The lowest BCUT2D eigenvalue weighted by molar-refractivity contribution is 0.0711. The first kappa shape index (κ1) is 17.3. The number of piperidine rings is 1. The van der Waals surface area contributed by atoms with E-state index in [0.29, 0.717) is 11.5 Å². The van der Waals surface area contributed by atoms with Gasteiger partial charge in [-0.05, 0) is 36.6 Å². The molecule has 0 spiro atoms. The van der Waals surface area contributed by atoms with E-state index in [9.17, 15) is 4.79 Å². The van der Waals surface area contributed by atoms with Gasteiger partial charge in [0.05, 0.1) is 7.11 Å². The summed E-state index contributed by atoms with van der Waals surface area (Å²) in [4.78, 5) is 19.2. The summed E-state index contributed by atoms with van der Waals surface area (Å²) >= 11 is 0. The topological polar surface area (TPSA) is 71.1 Å². The van der Waals surface area contributed by atoms with Gasteiger partial charge in [-0.1, -0.05) is 30.3 Å². The van der Waals surface area contributed by atoms with Gasteiger partial charge in [-0.3, -0.25) is 9.89 Å². The molecule has 2 heterocycles. The largest absolute Gasteiger partial charge is 0.496 e. The molecule has 0 bridgehead atoms. The van der Waals surface area contributed by atoms with Gasteiger partial charge in [-0.15, -0.1) is 0 Å². The Morgan fingerprint density at radius 3 is 2.70 bits per heavy atom. The molecule has 3 aromatic rings. The smallest absolute Gasteiger partial charge is 0.253 e. The van der Waals surface area contributed by atoms with Crippen LogP contribution in [0.1, 0.15) is 34.9 Å². The van der Waals surface area contributed by atoms with Gasteiger partial charge in [-0.25, -0.2) is 4.98 Å². The number of rotatable bonds is 4. The van der Waals surface area contributed by atoms with Crippen molar-refractivity contribution in [1.29, 1.82) is 0 Å². The van der Waals surface area contributed by atoms with Crippen molar-refractivity contribution >= 4 is 5.91 Å². The van der Waals surface area contributed by atoms with E-state index in [1.54, 1.807) is 7.11 Å². The van der Waals surface area contributed by atoms with Gasteiger partial charge >= 0.3 is 0 Å². The van der Waals surface area contributed by atoms with E-state index in [2.05, 4.69) is 15.2 Å². The van der Waals surface area contributed by atoms with Crippen LogP contribution in [0.3, 0.4) is 0 Å². The summed E-state index contributed by atoms with van der Waals surface area (Å²) in [7, 11) is 1.66. The van der Waals surface area contributed by atoms with Crippen LogP contribution in [0, 0.1) is 0 Å². The van der Waals surface area contributed by atoms with E-state index >= 15 is 0 Å². The highest BCUT2D eigenvalue weighted by Crippen LogP contribution is 2.31. The van der Waals surface area contributed by atoms with Crippen LogP contribution in [-0.2, 0) is 0 Å². The summed E-state index contributed by atoms with van der Waals surface area (Å²) < 4.78 is 5.45. The molecule has 1 saturated heterocycles. The first-order valence-corrected chi connectivity index (χ1v) is 9.14. The van der Waals surface area contributed by atoms with E-state index in [4.69, 9.17) is 4.74 Å². The van der Waals surface area contributed by atoms with Crippen molar-refractivity contribution in [1.82, 2.24) is 20.1 Å². The number of hydrogen-bond donors (Lipinski definition) is 1. The van der Waals surface area contributed by atoms with Crippen LogP contribution in [0.15, 0.2) is 54.9 Å². The van der Waals surface area contributed by atoms with E-state index in [-0.39, 0.29) is 5.91 Å². The van der Waals surface area contributed by atoms with Gasteiger partial charge in [-0.2, -0.15) is 5.10 Å². The van der Waals surface area contributed by atoms with E-state index in [1.165, 1.54) is 6.33 Å². The van der Waals surface area contributed by atoms with Crippen LogP contribution in [0.5, 0.6) is 5.75 Å². The monoisotopic (exact) mass is 362 g/mol. The summed E-state index contributed by atoms with van der Waals surface area (Å²) in [6.07, 6.45) is 3.33. The Kier molecular flexibility index (Phi) is 4.87. The molecule has 1 amide bonds. The molecule has 4 rings (SSSR count). The number of nitrogens with zero attached hydrogens (tertiary/aromatic N) is 3. The van der Waals surface area contributed by atoms with Crippen LogP contribution < -0.4 is 4.74 Å². The van der Waals surface area contributed by atoms with E-state index < -0.39 is 0 Å². The maximum absolute atomic E-state index is 13.0. The number of likely N-dealkylation sites (tertiary alicyclic amines) is 1. The maximum Gasteiger partial charge on any atom is 0.253 e. The third kappa shape index (κ3) is 3.56. The number of carbonyl (C=O) groups is 1. The molecule has 27 heavy (non-hydrogen) atoms. The molecule has 0 saturated carbocycles. The highest BCUT2D eigenvalue weighted by molar-refractivity contribution is 5.95. The first-order valence-electron chi connectivity index (χ1n) is 9.14. The zero-order valence-electron chi connectivity index (χ0n) is 15.3. The van der Waals surface area contributed by atoms with Crippen molar-refractivity contribution in [2.24, 2.45) is 0 Å². The van der Waals surface area contributed by atoms with Crippen LogP contribution in [0.25, 0.3) is 11.1 Å². The fraction of sp³-hybridized carbons (Fsp3) is 0.286. The third-order valence-corrected chi connectivity index (χ3v) is 5.13. The molecule has 1 N–H and O–H groups in total. The first-order chi connectivity index (χ1) is 13.3. The van der Waals surface area contributed by atoms with Crippen molar-refractivity contribution in [3.8, 4) is 16.9 Å². The molecule has 1 aliphatic heterocycles. The molecule has 0 radical (unpaired) electrons. The molecule has 1 aliphatic rings. The summed E-state index contributed by atoms with van der Waals surface area (Å²) in [5.41, 5.74) is 2.67. The summed E-state index contributed by atoms with van der Waals surface area (Å²) in [5.74, 6) is 2.13. The average Bonchev–Trinajstić information content (AvgIpc) is 3.28. The second kappa shape index (κ2) is 7.61. The maximum atomic E-state index is 13.0. The fourth-order valence-electron chi connectivity index (χ4n) is 3.65. The van der Waals surface area contributed by atoms with Gasteiger partial charge in [0.1, 0.15) is 17.9 Å². The van der Waals surface area contributed by atoms with Gasteiger partial charge in [0.15, 0.2) is 0 Å². The van der Waals surface area contributed by atoms with Crippen molar-refractivity contribution in [2.45, 2.75) is 18.8 Å². The number of H-pyrrole nitrogens is 1. The molecule has 1 fully saturated rings. The predicted molar refractivity (Wildman–Crippen MR) is 103 cm³/mol. The number of carbonyl (C=O) groups excluding carboxylic acids is 1. The Balaban J connectivity index is 1.50. The normalized spacial score (nSPS) is 14.9. The second-order valence-corrected chi connectivity index (χ2v) is 6.72. The zero-order valence-corrected chi connectivity index (χ0v) is 15.3. The van der Waals surface area contributed by atoms with Crippen molar-refractivity contribution < 1.29 is 9.53 Å². The highest BCUT2D eigenvalue weighted by atomic mass is 16.5.